The number of hydrogen-bond donors (Lipinski definition) is 2. The number of aromatic nitrogens is 2. The van der Waals surface area contributed by atoms with Gasteiger partial charge in [0.2, 0.25) is 5.95 Å². The number of alkyl halides is 3. The second-order valence-corrected chi connectivity index (χ2v) is 8.97. The van der Waals surface area contributed by atoms with E-state index in [-0.39, 0.29) is 5.75 Å². The van der Waals surface area contributed by atoms with Gasteiger partial charge in [0.05, 0.1) is 5.52 Å². The summed E-state index contributed by atoms with van der Waals surface area (Å²) in [6, 6.07) is 14.4. The Hall–Kier alpha value is -3.07. The van der Waals surface area contributed by atoms with Gasteiger partial charge in [-0.1, -0.05) is 24.3 Å². The molecule has 1 aromatic heterocycles. The van der Waals surface area contributed by atoms with Crippen LogP contribution in [0.25, 0.3) is 10.9 Å². The maximum Gasteiger partial charge on any atom is 0.573 e. The zero-order chi connectivity index (χ0) is 24.1. The smallest absolute Gasteiger partial charge is 0.406 e. The van der Waals surface area contributed by atoms with Crippen LogP contribution < -0.4 is 20.3 Å². The third-order valence-corrected chi connectivity index (χ3v) is 6.11. The molecule has 0 bridgehead atoms. The van der Waals surface area contributed by atoms with E-state index in [1.54, 1.807) is 12.1 Å². The van der Waals surface area contributed by atoms with Gasteiger partial charge in [-0.15, -0.1) is 13.2 Å². The van der Waals surface area contributed by atoms with E-state index in [4.69, 9.17) is 9.97 Å². The van der Waals surface area contributed by atoms with Crippen LogP contribution in [-0.2, 0) is 6.54 Å². The highest BCUT2D eigenvalue weighted by molar-refractivity contribution is 5.90. The minimum Gasteiger partial charge on any atom is -0.406 e. The molecule has 0 spiro atoms. The van der Waals surface area contributed by atoms with Gasteiger partial charge >= 0.3 is 6.36 Å². The van der Waals surface area contributed by atoms with Gasteiger partial charge in [-0.05, 0) is 68.0 Å². The molecule has 4 rings (SSSR count). The molecule has 0 atom stereocenters. The molecular formula is C25H30F3N5O. The van der Waals surface area contributed by atoms with Crippen molar-refractivity contribution in [1.29, 1.82) is 0 Å². The summed E-state index contributed by atoms with van der Waals surface area (Å²) >= 11 is 0. The highest BCUT2D eigenvalue weighted by Gasteiger charge is 2.31. The minimum absolute atomic E-state index is 0.199. The van der Waals surface area contributed by atoms with E-state index in [1.165, 1.54) is 12.1 Å². The van der Waals surface area contributed by atoms with Crippen molar-refractivity contribution in [3.63, 3.8) is 0 Å². The fourth-order valence-corrected chi connectivity index (χ4v) is 4.39. The maximum absolute atomic E-state index is 12.3. The molecule has 0 saturated heterocycles. The molecule has 1 aliphatic carbocycles. The number of anilines is 2. The predicted octanol–water partition coefficient (Wildman–Crippen LogP) is 5.35. The highest BCUT2D eigenvalue weighted by atomic mass is 19.4. The van der Waals surface area contributed by atoms with E-state index < -0.39 is 6.36 Å². The third kappa shape index (κ3) is 6.50. The van der Waals surface area contributed by atoms with Gasteiger partial charge in [-0.2, -0.15) is 4.98 Å². The lowest BCUT2D eigenvalue weighted by Gasteiger charge is -2.29. The first kappa shape index (κ1) is 24.1. The van der Waals surface area contributed by atoms with Crippen LogP contribution in [0.15, 0.2) is 48.5 Å². The summed E-state index contributed by atoms with van der Waals surface area (Å²) in [5.74, 6) is 1.95. The standard InChI is InChI=1S/C25H30F3N5O/c1-33(2)23-21-5-3-4-6-22(21)31-24(32-23)30-19-11-7-17(8-12-19)15-29-16-18-9-13-20(14-10-18)34-25(26,27)28/h3-6,9-10,13-14,17,19,29H,7-8,11-12,15-16H2,1-2H3,(H,30,31,32)/t17-,19+. The Labute approximate surface area is 197 Å². The number of para-hydroxylation sites is 1. The molecule has 9 heteroatoms. The van der Waals surface area contributed by atoms with Gasteiger partial charge < -0.3 is 20.3 Å². The molecule has 1 heterocycles. The normalized spacial score (nSPS) is 18.6. The molecule has 1 fully saturated rings. The Morgan fingerprint density at radius 2 is 1.68 bits per heavy atom. The second kappa shape index (κ2) is 10.5. The number of halogens is 3. The predicted molar refractivity (Wildman–Crippen MR) is 128 cm³/mol. The quantitative estimate of drug-likeness (QED) is 0.460. The average Bonchev–Trinajstić information content (AvgIpc) is 2.80. The Balaban J connectivity index is 1.23. The lowest BCUT2D eigenvalue weighted by Crippen LogP contribution is -2.31. The van der Waals surface area contributed by atoms with Crippen LogP contribution in [0.2, 0.25) is 0 Å². The van der Waals surface area contributed by atoms with Crippen molar-refractivity contribution < 1.29 is 17.9 Å². The van der Waals surface area contributed by atoms with E-state index >= 15 is 0 Å². The molecule has 34 heavy (non-hydrogen) atoms. The van der Waals surface area contributed by atoms with Crippen LogP contribution in [0.4, 0.5) is 24.9 Å². The van der Waals surface area contributed by atoms with E-state index in [9.17, 15) is 13.2 Å². The van der Waals surface area contributed by atoms with Crippen molar-refractivity contribution in [1.82, 2.24) is 15.3 Å². The second-order valence-electron chi connectivity index (χ2n) is 8.97. The van der Waals surface area contributed by atoms with Crippen molar-refractivity contribution >= 4 is 22.7 Å². The summed E-state index contributed by atoms with van der Waals surface area (Å²) in [5.41, 5.74) is 1.86. The fraction of sp³-hybridized carbons (Fsp3) is 0.440. The zero-order valence-corrected chi connectivity index (χ0v) is 19.4. The molecule has 0 amide bonds. The third-order valence-electron chi connectivity index (χ3n) is 6.11. The van der Waals surface area contributed by atoms with E-state index in [0.29, 0.717) is 24.5 Å². The van der Waals surface area contributed by atoms with Crippen LogP contribution in [0, 0.1) is 5.92 Å². The van der Waals surface area contributed by atoms with Crippen LogP contribution in [0.3, 0.4) is 0 Å². The SMILES string of the molecule is CN(C)c1nc(N[C@H]2CC[C@@H](CNCc3ccc(OC(F)(F)F)cc3)CC2)nc2ccccc12. The number of nitrogens with zero attached hydrogens (tertiary/aromatic N) is 3. The first-order valence-electron chi connectivity index (χ1n) is 11.5. The molecular weight excluding hydrogens is 443 g/mol. The van der Waals surface area contributed by atoms with Gasteiger partial charge in [-0.25, -0.2) is 4.98 Å². The Morgan fingerprint density at radius 1 is 0.971 bits per heavy atom. The van der Waals surface area contributed by atoms with E-state index in [1.807, 2.05) is 43.3 Å². The van der Waals surface area contributed by atoms with Gasteiger partial charge in [0.25, 0.3) is 0 Å². The average molecular weight is 474 g/mol. The summed E-state index contributed by atoms with van der Waals surface area (Å²) < 4.78 is 40.7. The molecule has 1 saturated carbocycles. The van der Waals surface area contributed by atoms with Gasteiger partial charge in [0, 0.05) is 32.1 Å². The molecule has 6 nitrogen and oxygen atoms in total. The summed E-state index contributed by atoms with van der Waals surface area (Å²) in [7, 11) is 3.98. The Bertz CT molecular complexity index is 1080. The van der Waals surface area contributed by atoms with Crippen LogP contribution in [-0.4, -0.2) is 43.0 Å². The van der Waals surface area contributed by atoms with Crippen molar-refractivity contribution in [2.75, 3.05) is 30.9 Å². The van der Waals surface area contributed by atoms with Gasteiger partial charge in [0.15, 0.2) is 0 Å². The molecule has 1 aliphatic rings. The largest absolute Gasteiger partial charge is 0.573 e. The monoisotopic (exact) mass is 473 g/mol. The minimum atomic E-state index is -4.66. The number of ether oxygens (including phenoxy) is 1. The fourth-order valence-electron chi connectivity index (χ4n) is 4.39. The van der Waals surface area contributed by atoms with Crippen molar-refractivity contribution in [3.8, 4) is 5.75 Å². The summed E-state index contributed by atoms with van der Waals surface area (Å²) in [5, 5.41) is 8.00. The van der Waals surface area contributed by atoms with Crippen LogP contribution in [0.5, 0.6) is 5.75 Å². The summed E-state index contributed by atoms with van der Waals surface area (Å²) in [6.45, 7) is 1.49. The Morgan fingerprint density at radius 3 is 2.35 bits per heavy atom. The van der Waals surface area contributed by atoms with Crippen molar-refractivity contribution in [3.05, 3.63) is 54.1 Å². The van der Waals surface area contributed by atoms with Gasteiger partial charge in [-0.3, -0.25) is 0 Å². The molecule has 2 aromatic carbocycles. The zero-order valence-electron chi connectivity index (χ0n) is 19.4. The first-order chi connectivity index (χ1) is 16.3. The van der Waals surface area contributed by atoms with Gasteiger partial charge in [0.1, 0.15) is 11.6 Å². The summed E-state index contributed by atoms with van der Waals surface area (Å²) in [6.07, 6.45) is -0.385. The Kier molecular flexibility index (Phi) is 7.41. The lowest BCUT2D eigenvalue weighted by atomic mass is 9.86. The summed E-state index contributed by atoms with van der Waals surface area (Å²) in [4.78, 5) is 11.5. The number of hydrogen-bond acceptors (Lipinski definition) is 6. The first-order valence-corrected chi connectivity index (χ1v) is 11.5. The lowest BCUT2D eigenvalue weighted by molar-refractivity contribution is -0.274. The van der Waals surface area contributed by atoms with E-state index in [2.05, 4.69) is 15.4 Å². The molecule has 0 radical (unpaired) electrons. The highest BCUT2D eigenvalue weighted by Crippen LogP contribution is 2.28. The van der Waals surface area contributed by atoms with E-state index in [0.717, 1.165) is 54.5 Å². The number of nitrogens with one attached hydrogen (secondary N) is 2. The number of fused-ring (bicyclic) bond motifs is 1. The topological polar surface area (TPSA) is 62.3 Å². The molecule has 182 valence electrons. The number of rotatable bonds is 8. The van der Waals surface area contributed by atoms with Crippen molar-refractivity contribution in [2.24, 2.45) is 5.92 Å². The number of benzene rings is 2. The molecule has 3 aromatic rings. The maximum atomic E-state index is 12.3. The van der Waals surface area contributed by atoms with Crippen LogP contribution >= 0.6 is 0 Å². The molecule has 0 unspecified atom stereocenters. The van der Waals surface area contributed by atoms with Crippen molar-refractivity contribution in [2.45, 2.75) is 44.6 Å². The molecule has 2 N–H and O–H groups in total. The molecule has 0 aliphatic heterocycles. The van der Waals surface area contributed by atoms with Crippen LogP contribution in [0.1, 0.15) is 31.2 Å².